The number of carbonyl (C=O) groups is 3. The van der Waals surface area contributed by atoms with Crippen molar-refractivity contribution < 1.29 is 33.3 Å². The molecule has 0 atom stereocenters. The Morgan fingerprint density at radius 1 is 0.865 bits per heavy atom. The number of esters is 1. The Balaban J connectivity index is 1.51. The van der Waals surface area contributed by atoms with E-state index in [1.165, 1.54) is 20.3 Å². The maximum absolute atomic E-state index is 12.8. The zero-order chi connectivity index (χ0) is 26.9. The Morgan fingerprint density at radius 3 is 2.22 bits per heavy atom. The summed E-state index contributed by atoms with van der Waals surface area (Å²) < 4.78 is 22.7. The molecule has 1 amide bonds. The van der Waals surface area contributed by atoms with Gasteiger partial charge in [-0.25, -0.2) is 0 Å². The number of nitrogens with one attached hydrogen (secondary N) is 1. The first-order valence-electron chi connectivity index (χ1n) is 11.8. The van der Waals surface area contributed by atoms with Gasteiger partial charge in [0.1, 0.15) is 12.3 Å². The quantitative estimate of drug-likeness (QED) is 0.295. The normalized spacial score (nSPS) is 10.5. The first kappa shape index (κ1) is 27.3. The van der Waals surface area contributed by atoms with E-state index in [4.69, 9.17) is 18.9 Å². The second-order valence-electron chi connectivity index (χ2n) is 8.37. The van der Waals surface area contributed by atoms with Crippen LogP contribution in [-0.4, -0.2) is 56.7 Å². The van der Waals surface area contributed by atoms with E-state index in [-0.39, 0.29) is 12.3 Å². The van der Waals surface area contributed by atoms with Crippen molar-refractivity contribution in [2.75, 3.05) is 34.5 Å². The maximum Gasteiger partial charge on any atom is 0.325 e. The van der Waals surface area contributed by atoms with E-state index < -0.39 is 18.5 Å². The molecule has 0 saturated heterocycles. The molecular formula is C28H32N2O7. The molecule has 2 aromatic carbocycles. The minimum absolute atomic E-state index is 0.295. The van der Waals surface area contributed by atoms with Crippen molar-refractivity contribution in [1.82, 2.24) is 9.88 Å². The molecule has 0 radical (unpaired) electrons. The van der Waals surface area contributed by atoms with Gasteiger partial charge in [0.05, 0.1) is 21.3 Å². The molecule has 1 aromatic heterocycles. The molecule has 0 saturated carbocycles. The SMILES string of the molecule is COc1ccc(CCn2c(C)cc(C(=O)COC(=O)CNC(=O)c3ccc(OC)c(OC)c3)c2C)cc1. The van der Waals surface area contributed by atoms with Gasteiger partial charge in [-0.05, 0) is 62.2 Å². The van der Waals surface area contributed by atoms with Crippen LogP contribution in [0.3, 0.4) is 0 Å². The van der Waals surface area contributed by atoms with Crippen LogP contribution in [0.4, 0.5) is 0 Å². The van der Waals surface area contributed by atoms with Crippen molar-refractivity contribution >= 4 is 17.7 Å². The Kier molecular flexibility index (Phi) is 9.32. The van der Waals surface area contributed by atoms with Crippen LogP contribution in [0.25, 0.3) is 0 Å². The van der Waals surface area contributed by atoms with Gasteiger partial charge in [0.2, 0.25) is 5.78 Å². The van der Waals surface area contributed by atoms with Crippen LogP contribution in [-0.2, 0) is 22.5 Å². The molecule has 196 valence electrons. The fraction of sp³-hybridized carbons (Fsp3) is 0.321. The van der Waals surface area contributed by atoms with E-state index in [1.807, 2.05) is 38.1 Å². The van der Waals surface area contributed by atoms with Crippen LogP contribution in [0.5, 0.6) is 17.2 Å². The van der Waals surface area contributed by atoms with Gasteiger partial charge in [-0.3, -0.25) is 14.4 Å². The number of amides is 1. The lowest BCUT2D eigenvalue weighted by Gasteiger charge is -2.11. The van der Waals surface area contributed by atoms with Gasteiger partial charge in [0.15, 0.2) is 18.1 Å². The van der Waals surface area contributed by atoms with Crippen molar-refractivity contribution in [1.29, 1.82) is 0 Å². The summed E-state index contributed by atoms with van der Waals surface area (Å²) in [6.07, 6.45) is 0.794. The minimum Gasteiger partial charge on any atom is -0.497 e. The lowest BCUT2D eigenvalue weighted by Crippen LogP contribution is -2.31. The van der Waals surface area contributed by atoms with Crippen molar-refractivity contribution in [3.63, 3.8) is 0 Å². The largest absolute Gasteiger partial charge is 0.497 e. The highest BCUT2D eigenvalue weighted by Crippen LogP contribution is 2.27. The molecule has 0 bridgehead atoms. The summed E-state index contributed by atoms with van der Waals surface area (Å²) in [4.78, 5) is 37.3. The highest BCUT2D eigenvalue weighted by molar-refractivity contribution is 6.00. The van der Waals surface area contributed by atoms with Gasteiger partial charge >= 0.3 is 5.97 Å². The topological polar surface area (TPSA) is 105 Å². The smallest absolute Gasteiger partial charge is 0.325 e. The van der Waals surface area contributed by atoms with Crippen molar-refractivity contribution in [2.45, 2.75) is 26.8 Å². The van der Waals surface area contributed by atoms with Crippen molar-refractivity contribution in [3.8, 4) is 17.2 Å². The van der Waals surface area contributed by atoms with Crippen LogP contribution in [0.1, 0.15) is 37.7 Å². The number of nitrogens with zero attached hydrogens (tertiary/aromatic N) is 1. The van der Waals surface area contributed by atoms with Crippen LogP contribution >= 0.6 is 0 Å². The summed E-state index contributed by atoms with van der Waals surface area (Å²) in [5, 5.41) is 2.48. The molecule has 37 heavy (non-hydrogen) atoms. The molecule has 3 rings (SSSR count). The zero-order valence-corrected chi connectivity index (χ0v) is 21.8. The number of carbonyl (C=O) groups excluding carboxylic acids is 3. The number of benzene rings is 2. The van der Waals surface area contributed by atoms with E-state index in [0.717, 1.165) is 29.1 Å². The fourth-order valence-corrected chi connectivity index (χ4v) is 3.97. The Morgan fingerprint density at radius 2 is 1.57 bits per heavy atom. The predicted octanol–water partition coefficient (Wildman–Crippen LogP) is 3.53. The number of methoxy groups -OCH3 is 3. The summed E-state index contributed by atoms with van der Waals surface area (Å²) in [5.74, 6) is 0.186. The molecule has 0 unspecified atom stereocenters. The molecular weight excluding hydrogens is 476 g/mol. The highest BCUT2D eigenvalue weighted by Gasteiger charge is 2.18. The molecule has 0 spiro atoms. The van der Waals surface area contributed by atoms with E-state index in [2.05, 4.69) is 9.88 Å². The molecule has 3 aromatic rings. The monoisotopic (exact) mass is 508 g/mol. The third kappa shape index (κ3) is 6.91. The molecule has 9 heteroatoms. The van der Waals surface area contributed by atoms with Crippen LogP contribution < -0.4 is 19.5 Å². The number of rotatable bonds is 12. The Bertz CT molecular complexity index is 1260. The Labute approximate surface area is 216 Å². The average Bonchev–Trinajstić information content (AvgIpc) is 3.21. The molecule has 0 aliphatic carbocycles. The number of ether oxygens (including phenoxy) is 4. The van der Waals surface area contributed by atoms with Gasteiger partial charge in [-0.2, -0.15) is 0 Å². The summed E-state index contributed by atoms with van der Waals surface area (Å²) in [6, 6.07) is 14.3. The number of aromatic nitrogens is 1. The number of hydrogen-bond acceptors (Lipinski definition) is 7. The standard InChI is InChI=1S/C28H32N2O7/c1-18-14-23(19(2)30(18)13-12-20-6-9-22(34-3)10-7-20)24(31)17-37-27(32)16-29-28(33)21-8-11-25(35-4)26(15-21)36-5/h6-11,14-15H,12-13,16-17H2,1-5H3,(H,29,33). The average molecular weight is 509 g/mol. The van der Waals surface area contributed by atoms with Gasteiger partial charge in [0.25, 0.3) is 5.91 Å². The highest BCUT2D eigenvalue weighted by atomic mass is 16.5. The number of hydrogen-bond donors (Lipinski definition) is 1. The van der Waals surface area contributed by atoms with Crippen molar-refractivity contribution in [2.24, 2.45) is 0 Å². The molecule has 9 nitrogen and oxygen atoms in total. The summed E-state index contributed by atoms with van der Waals surface area (Å²) in [5.41, 5.74) is 3.72. The third-order valence-electron chi connectivity index (χ3n) is 6.06. The number of aryl methyl sites for hydroxylation is 2. The number of Topliss-reactive ketones (excluding diaryl/α,β-unsaturated/α-hetero) is 1. The second-order valence-corrected chi connectivity index (χ2v) is 8.37. The van der Waals surface area contributed by atoms with E-state index >= 15 is 0 Å². The Hall–Kier alpha value is -4.27. The van der Waals surface area contributed by atoms with Crippen LogP contribution in [0.15, 0.2) is 48.5 Å². The molecule has 1 N–H and O–H groups in total. The third-order valence-corrected chi connectivity index (χ3v) is 6.06. The lowest BCUT2D eigenvalue weighted by molar-refractivity contribution is -0.141. The van der Waals surface area contributed by atoms with Crippen LogP contribution in [0.2, 0.25) is 0 Å². The first-order chi connectivity index (χ1) is 17.8. The zero-order valence-electron chi connectivity index (χ0n) is 21.8. The molecule has 1 heterocycles. The summed E-state index contributed by atoms with van der Waals surface area (Å²) in [7, 11) is 4.59. The molecule has 0 aliphatic heterocycles. The van der Waals surface area contributed by atoms with Crippen molar-refractivity contribution in [3.05, 3.63) is 76.6 Å². The summed E-state index contributed by atoms with van der Waals surface area (Å²) in [6.45, 7) is 3.74. The number of ketones is 1. The second kappa shape index (κ2) is 12.6. The van der Waals surface area contributed by atoms with Crippen LogP contribution in [0, 0.1) is 13.8 Å². The van der Waals surface area contributed by atoms with Gasteiger partial charge in [0, 0.05) is 29.1 Å². The van der Waals surface area contributed by atoms with Gasteiger partial charge in [-0.15, -0.1) is 0 Å². The molecule has 0 fully saturated rings. The maximum atomic E-state index is 12.8. The van der Waals surface area contributed by atoms with Gasteiger partial charge in [-0.1, -0.05) is 12.1 Å². The predicted molar refractivity (Wildman–Crippen MR) is 138 cm³/mol. The van der Waals surface area contributed by atoms with E-state index in [0.29, 0.717) is 29.2 Å². The summed E-state index contributed by atoms with van der Waals surface area (Å²) >= 11 is 0. The minimum atomic E-state index is -0.713. The lowest BCUT2D eigenvalue weighted by atomic mass is 10.1. The fourth-order valence-electron chi connectivity index (χ4n) is 3.97. The van der Waals surface area contributed by atoms with E-state index in [1.54, 1.807) is 25.3 Å². The van der Waals surface area contributed by atoms with Gasteiger partial charge < -0.3 is 28.8 Å². The van der Waals surface area contributed by atoms with E-state index in [9.17, 15) is 14.4 Å². The first-order valence-corrected chi connectivity index (χ1v) is 11.8. The molecule has 0 aliphatic rings.